The number of alkyl halides is 3. The molecule has 0 aliphatic rings. The molecule has 0 spiro atoms. The van der Waals surface area contributed by atoms with Gasteiger partial charge in [-0.05, 0) is 37.7 Å². The van der Waals surface area contributed by atoms with Crippen molar-refractivity contribution in [3.05, 3.63) is 48.4 Å². The molecule has 2 heterocycles. The average molecular weight is 349 g/mol. The van der Waals surface area contributed by atoms with E-state index >= 15 is 0 Å². The SMILES string of the molecule is CN(C)CCn1cc(Nc2nccc3cc(C(F)(F)F)ccc23)cn1. The fourth-order valence-electron chi connectivity index (χ4n) is 2.44. The van der Waals surface area contributed by atoms with Crippen LogP contribution in [0.4, 0.5) is 24.7 Å². The summed E-state index contributed by atoms with van der Waals surface area (Å²) in [4.78, 5) is 6.29. The zero-order chi connectivity index (χ0) is 18.0. The molecule has 0 bridgehead atoms. The lowest BCUT2D eigenvalue weighted by atomic mass is 10.1. The van der Waals surface area contributed by atoms with Crippen LogP contribution < -0.4 is 5.32 Å². The number of rotatable bonds is 5. The zero-order valence-corrected chi connectivity index (χ0v) is 13.9. The highest BCUT2D eigenvalue weighted by Gasteiger charge is 2.30. The lowest BCUT2D eigenvalue weighted by molar-refractivity contribution is -0.137. The standard InChI is InChI=1S/C17H18F3N5/c1-24(2)7-8-25-11-14(10-22-25)23-16-15-4-3-13(17(18,19)20)9-12(15)5-6-21-16/h3-6,9-11H,7-8H2,1-2H3,(H,21,23). The van der Waals surface area contributed by atoms with Crippen LogP contribution in [0.5, 0.6) is 0 Å². The van der Waals surface area contributed by atoms with Gasteiger partial charge in [-0.3, -0.25) is 4.68 Å². The van der Waals surface area contributed by atoms with E-state index in [2.05, 4.69) is 20.3 Å². The van der Waals surface area contributed by atoms with E-state index in [0.717, 1.165) is 30.9 Å². The van der Waals surface area contributed by atoms with Gasteiger partial charge in [-0.15, -0.1) is 0 Å². The Kier molecular flexibility index (Phi) is 4.63. The molecule has 0 unspecified atom stereocenters. The maximum absolute atomic E-state index is 12.8. The van der Waals surface area contributed by atoms with Crippen LogP contribution in [0.2, 0.25) is 0 Å². The Labute approximate surface area is 143 Å². The molecule has 0 aliphatic carbocycles. The van der Waals surface area contributed by atoms with Crippen LogP contribution in [-0.4, -0.2) is 40.3 Å². The smallest absolute Gasteiger partial charge is 0.337 e. The first-order valence-electron chi connectivity index (χ1n) is 7.73. The van der Waals surface area contributed by atoms with Crippen molar-refractivity contribution in [2.24, 2.45) is 0 Å². The first-order valence-corrected chi connectivity index (χ1v) is 7.73. The van der Waals surface area contributed by atoms with E-state index in [1.54, 1.807) is 16.9 Å². The molecule has 0 radical (unpaired) electrons. The topological polar surface area (TPSA) is 46.0 Å². The van der Waals surface area contributed by atoms with E-state index in [0.29, 0.717) is 16.6 Å². The average Bonchev–Trinajstić information content (AvgIpc) is 2.99. The van der Waals surface area contributed by atoms with Gasteiger partial charge in [0.05, 0.1) is 24.0 Å². The van der Waals surface area contributed by atoms with Crippen LogP contribution in [0, 0.1) is 0 Å². The number of hydrogen-bond acceptors (Lipinski definition) is 4. The van der Waals surface area contributed by atoms with Crippen LogP contribution in [0.3, 0.4) is 0 Å². The predicted molar refractivity (Wildman–Crippen MR) is 90.8 cm³/mol. The molecule has 1 aromatic carbocycles. The number of anilines is 2. The highest BCUT2D eigenvalue weighted by atomic mass is 19.4. The second-order valence-corrected chi connectivity index (χ2v) is 6.01. The second-order valence-electron chi connectivity index (χ2n) is 6.01. The van der Waals surface area contributed by atoms with Gasteiger partial charge in [0, 0.05) is 24.3 Å². The van der Waals surface area contributed by atoms with Crippen molar-refractivity contribution in [2.75, 3.05) is 26.0 Å². The van der Waals surface area contributed by atoms with Crippen molar-refractivity contribution in [3.63, 3.8) is 0 Å². The Morgan fingerprint density at radius 1 is 1.20 bits per heavy atom. The van der Waals surface area contributed by atoms with Crippen molar-refractivity contribution < 1.29 is 13.2 Å². The zero-order valence-electron chi connectivity index (χ0n) is 13.9. The van der Waals surface area contributed by atoms with Crippen LogP contribution >= 0.6 is 0 Å². The number of hydrogen-bond donors (Lipinski definition) is 1. The molecule has 8 heteroatoms. The Morgan fingerprint density at radius 3 is 2.72 bits per heavy atom. The fraction of sp³-hybridized carbons (Fsp3) is 0.294. The maximum atomic E-state index is 12.8. The van der Waals surface area contributed by atoms with Gasteiger partial charge in [0.2, 0.25) is 0 Å². The van der Waals surface area contributed by atoms with Gasteiger partial charge in [-0.25, -0.2) is 4.98 Å². The third-order valence-electron chi connectivity index (χ3n) is 3.76. The van der Waals surface area contributed by atoms with E-state index in [4.69, 9.17) is 0 Å². The van der Waals surface area contributed by atoms with E-state index in [9.17, 15) is 13.2 Å². The Bertz CT molecular complexity index is 870. The maximum Gasteiger partial charge on any atom is 0.416 e. The first kappa shape index (κ1) is 17.2. The number of likely N-dealkylation sites (N-methyl/N-ethyl adjacent to an activating group) is 1. The highest BCUT2D eigenvalue weighted by Crippen LogP contribution is 2.33. The summed E-state index contributed by atoms with van der Waals surface area (Å²) in [5, 5.41) is 8.49. The normalized spacial score (nSPS) is 12.1. The van der Waals surface area contributed by atoms with Crippen molar-refractivity contribution in [1.29, 1.82) is 0 Å². The highest BCUT2D eigenvalue weighted by molar-refractivity contribution is 5.93. The summed E-state index contributed by atoms with van der Waals surface area (Å²) in [6.07, 6.45) is 0.633. The summed E-state index contributed by atoms with van der Waals surface area (Å²) in [5.74, 6) is 0.499. The summed E-state index contributed by atoms with van der Waals surface area (Å²) < 4.78 is 40.3. The second kappa shape index (κ2) is 6.72. The van der Waals surface area contributed by atoms with Crippen molar-refractivity contribution >= 4 is 22.3 Å². The Hall–Kier alpha value is -2.61. The number of nitrogens with one attached hydrogen (secondary N) is 1. The Morgan fingerprint density at radius 2 is 2.00 bits per heavy atom. The molecule has 0 atom stereocenters. The number of aromatic nitrogens is 3. The third kappa shape index (κ3) is 4.08. The third-order valence-corrected chi connectivity index (χ3v) is 3.76. The summed E-state index contributed by atoms with van der Waals surface area (Å²) >= 11 is 0. The number of pyridine rings is 1. The summed E-state index contributed by atoms with van der Waals surface area (Å²) in [7, 11) is 3.97. The van der Waals surface area contributed by atoms with Gasteiger partial charge in [0.15, 0.2) is 0 Å². The minimum absolute atomic E-state index is 0.479. The quantitative estimate of drug-likeness (QED) is 0.762. The first-order chi connectivity index (χ1) is 11.8. The van der Waals surface area contributed by atoms with Crippen LogP contribution in [-0.2, 0) is 12.7 Å². The lowest BCUT2D eigenvalue weighted by Gasteiger charge is -2.10. The molecule has 1 N–H and O–H groups in total. The molecule has 0 saturated carbocycles. The number of fused-ring (bicyclic) bond motifs is 1. The molecule has 0 amide bonds. The molecule has 2 aromatic heterocycles. The minimum Gasteiger partial charge on any atom is -0.337 e. The summed E-state index contributed by atoms with van der Waals surface area (Å²) in [6.45, 7) is 1.60. The molecular weight excluding hydrogens is 331 g/mol. The van der Waals surface area contributed by atoms with Gasteiger partial charge < -0.3 is 10.2 Å². The van der Waals surface area contributed by atoms with Gasteiger partial charge in [0.25, 0.3) is 0 Å². The molecule has 0 aliphatic heterocycles. The van der Waals surface area contributed by atoms with Crippen molar-refractivity contribution in [1.82, 2.24) is 19.7 Å². The predicted octanol–water partition coefficient (Wildman–Crippen LogP) is 3.76. The van der Waals surface area contributed by atoms with E-state index in [1.165, 1.54) is 12.3 Å². The van der Waals surface area contributed by atoms with Crippen LogP contribution in [0.25, 0.3) is 10.8 Å². The van der Waals surface area contributed by atoms with E-state index < -0.39 is 11.7 Å². The summed E-state index contributed by atoms with van der Waals surface area (Å²) in [5.41, 5.74) is 0.0623. The molecule has 0 fully saturated rings. The number of benzene rings is 1. The molecule has 5 nitrogen and oxygen atoms in total. The van der Waals surface area contributed by atoms with Gasteiger partial charge in [0.1, 0.15) is 5.82 Å². The number of halogens is 3. The molecule has 3 aromatic rings. The number of nitrogens with zero attached hydrogens (tertiary/aromatic N) is 4. The molecule has 0 saturated heterocycles. The van der Waals surface area contributed by atoms with Crippen molar-refractivity contribution in [3.8, 4) is 0 Å². The lowest BCUT2D eigenvalue weighted by Crippen LogP contribution is -2.18. The summed E-state index contributed by atoms with van der Waals surface area (Å²) in [6, 6.07) is 5.19. The fourth-order valence-corrected chi connectivity index (χ4v) is 2.44. The van der Waals surface area contributed by atoms with E-state index in [-0.39, 0.29) is 0 Å². The molecular formula is C17H18F3N5. The Balaban J connectivity index is 1.84. The van der Waals surface area contributed by atoms with Crippen LogP contribution in [0.15, 0.2) is 42.9 Å². The largest absolute Gasteiger partial charge is 0.416 e. The van der Waals surface area contributed by atoms with E-state index in [1.807, 2.05) is 20.3 Å². The van der Waals surface area contributed by atoms with Gasteiger partial charge >= 0.3 is 6.18 Å². The monoisotopic (exact) mass is 349 g/mol. The van der Waals surface area contributed by atoms with Gasteiger partial charge in [-0.2, -0.15) is 18.3 Å². The molecule has 3 rings (SSSR count). The van der Waals surface area contributed by atoms with Crippen LogP contribution in [0.1, 0.15) is 5.56 Å². The van der Waals surface area contributed by atoms with Crippen molar-refractivity contribution in [2.45, 2.75) is 12.7 Å². The van der Waals surface area contributed by atoms with Gasteiger partial charge in [-0.1, -0.05) is 6.07 Å². The minimum atomic E-state index is -4.36. The molecule has 132 valence electrons. The molecule has 25 heavy (non-hydrogen) atoms.